The van der Waals surface area contributed by atoms with E-state index in [0.29, 0.717) is 24.3 Å². The lowest BCUT2D eigenvalue weighted by Crippen LogP contribution is -2.17. The Kier molecular flexibility index (Phi) is 4.64. The minimum absolute atomic E-state index is 0.0339. The molecular formula is C16H10F5N3O2S. The number of sulfonamides is 1. The first-order chi connectivity index (χ1) is 12.6. The zero-order chi connectivity index (χ0) is 19.8. The lowest BCUT2D eigenvalue weighted by atomic mass is 10.1. The van der Waals surface area contributed by atoms with E-state index >= 15 is 0 Å². The summed E-state index contributed by atoms with van der Waals surface area (Å²) in [6.07, 6.45) is -2.03. The van der Waals surface area contributed by atoms with Crippen LogP contribution < -0.4 is 4.72 Å². The predicted molar refractivity (Wildman–Crippen MR) is 85.7 cm³/mol. The third kappa shape index (κ3) is 3.92. The molecule has 0 fully saturated rings. The quantitative estimate of drug-likeness (QED) is 0.671. The Labute approximate surface area is 150 Å². The van der Waals surface area contributed by atoms with Gasteiger partial charge in [-0.2, -0.15) is 18.3 Å². The third-order valence-electron chi connectivity index (χ3n) is 3.50. The first kappa shape index (κ1) is 18.8. The molecule has 3 rings (SSSR count). The molecule has 1 N–H and O–H groups in total. The molecule has 0 bridgehead atoms. The summed E-state index contributed by atoms with van der Waals surface area (Å²) < 4.78 is 94.0. The Morgan fingerprint density at radius 1 is 1.04 bits per heavy atom. The molecule has 0 spiro atoms. The van der Waals surface area contributed by atoms with Crippen LogP contribution in [0.2, 0.25) is 0 Å². The Hall–Kier alpha value is -2.95. The Morgan fingerprint density at radius 3 is 2.41 bits per heavy atom. The summed E-state index contributed by atoms with van der Waals surface area (Å²) in [5.41, 5.74) is -1.67. The number of alkyl halides is 3. The second-order valence-corrected chi connectivity index (χ2v) is 7.01. The highest BCUT2D eigenvalue weighted by molar-refractivity contribution is 7.92. The fraction of sp³-hybridized carbons (Fsp3) is 0.0625. The van der Waals surface area contributed by atoms with Gasteiger partial charge in [-0.25, -0.2) is 21.9 Å². The topological polar surface area (TPSA) is 64.0 Å². The molecule has 0 aliphatic rings. The Morgan fingerprint density at radius 2 is 1.78 bits per heavy atom. The molecule has 0 atom stereocenters. The molecular weight excluding hydrogens is 393 g/mol. The minimum atomic E-state index is -4.74. The molecule has 0 aliphatic heterocycles. The molecule has 0 saturated heterocycles. The number of halogens is 5. The highest BCUT2D eigenvalue weighted by Gasteiger charge is 2.32. The number of nitrogens with one attached hydrogen (secondary N) is 1. The van der Waals surface area contributed by atoms with Crippen molar-refractivity contribution >= 4 is 15.7 Å². The molecule has 2 aromatic carbocycles. The van der Waals surface area contributed by atoms with E-state index in [4.69, 9.17) is 0 Å². The van der Waals surface area contributed by atoms with Gasteiger partial charge in [0.2, 0.25) is 0 Å². The molecule has 3 aromatic rings. The molecule has 0 radical (unpaired) electrons. The van der Waals surface area contributed by atoms with Crippen LogP contribution in [0.4, 0.5) is 27.6 Å². The zero-order valence-electron chi connectivity index (χ0n) is 13.2. The third-order valence-corrected chi connectivity index (χ3v) is 4.88. The number of rotatable bonds is 4. The van der Waals surface area contributed by atoms with Crippen LogP contribution >= 0.6 is 0 Å². The van der Waals surface area contributed by atoms with Crippen molar-refractivity contribution in [2.75, 3.05) is 4.72 Å². The number of hydrogen-bond acceptors (Lipinski definition) is 3. The molecule has 0 unspecified atom stereocenters. The van der Waals surface area contributed by atoms with Crippen molar-refractivity contribution in [2.45, 2.75) is 11.1 Å². The minimum Gasteiger partial charge on any atom is -0.277 e. The summed E-state index contributed by atoms with van der Waals surface area (Å²) in [7, 11) is -4.72. The highest BCUT2D eigenvalue weighted by atomic mass is 32.2. The monoisotopic (exact) mass is 403 g/mol. The van der Waals surface area contributed by atoms with E-state index in [2.05, 4.69) is 5.10 Å². The van der Waals surface area contributed by atoms with Crippen LogP contribution in [0.1, 0.15) is 5.56 Å². The van der Waals surface area contributed by atoms with Crippen LogP contribution in [0.15, 0.2) is 59.8 Å². The second-order valence-electron chi connectivity index (χ2n) is 5.36. The summed E-state index contributed by atoms with van der Waals surface area (Å²) in [5, 5.41) is 3.84. The maximum atomic E-state index is 13.8. The summed E-state index contributed by atoms with van der Waals surface area (Å²) in [6.45, 7) is 0. The average Bonchev–Trinajstić information content (AvgIpc) is 3.10. The normalized spacial score (nSPS) is 12.2. The fourth-order valence-electron chi connectivity index (χ4n) is 2.29. The van der Waals surface area contributed by atoms with Crippen molar-refractivity contribution in [3.8, 4) is 5.69 Å². The van der Waals surface area contributed by atoms with Gasteiger partial charge in [-0.05, 0) is 42.5 Å². The standard InChI is InChI=1S/C16H10F5N3O2S/c17-11-3-4-12(18)15(9-11)27(25,26)23-13-8-10(16(19,20)21)2-5-14(13)24-7-1-6-22-24/h1-9,23H. The summed E-state index contributed by atoms with van der Waals surface area (Å²) in [5.74, 6) is -2.27. The van der Waals surface area contributed by atoms with Gasteiger partial charge in [-0.15, -0.1) is 0 Å². The van der Waals surface area contributed by atoms with Crippen molar-refractivity contribution < 1.29 is 30.4 Å². The maximum absolute atomic E-state index is 13.8. The van der Waals surface area contributed by atoms with Gasteiger partial charge in [-0.3, -0.25) is 4.72 Å². The molecule has 27 heavy (non-hydrogen) atoms. The maximum Gasteiger partial charge on any atom is 0.416 e. The number of aromatic nitrogens is 2. The number of hydrogen-bond donors (Lipinski definition) is 1. The second kappa shape index (κ2) is 6.65. The van der Waals surface area contributed by atoms with Gasteiger partial charge >= 0.3 is 6.18 Å². The Balaban J connectivity index is 2.13. The highest BCUT2D eigenvalue weighted by Crippen LogP contribution is 2.34. The van der Waals surface area contributed by atoms with Crippen LogP contribution in [-0.4, -0.2) is 18.2 Å². The van der Waals surface area contributed by atoms with Crippen molar-refractivity contribution in [1.29, 1.82) is 0 Å². The molecule has 142 valence electrons. The van der Waals surface area contributed by atoms with E-state index in [1.54, 1.807) is 0 Å². The van der Waals surface area contributed by atoms with Crippen molar-refractivity contribution in [3.05, 3.63) is 72.1 Å². The van der Waals surface area contributed by atoms with Crippen LogP contribution in [0.25, 0.3) is 5.69 Å². The van der Waals surface area contributed by atoms with E-state index in [1.807, 2.05) is 4.72 Å². The lowest BCUT2D eigenvalue weighted by molar-refractivity contribution is -0.137. The largest absolute Gasteiger partial charge is 0.416 e. The molecule has 11 heteroatoms. The molecule has 0 amide bonds. The molecule has 0 aliphatic carbocycles. The molecule has 1 aromatic heterocycles. The SMILES string of the molecule is O=S(=O)(Nc1cc(C(F)(F)F)ccc1-n1cccn1)c1cc(F)ccc1F. The van der Waals surface area contributed by atoms with Gasteiger partial charge in [0.25, 0.3) is 10.0 Å². The fourth-order valence-corrected chi connectivity index (χ4v) is 3.44. The van der Waals surface area contributed by atoms with Crippen molar-refractivity contribution in [1.82, 2.24) is 9.78 Å². The summed E-state index contributed by atoms with van der Waals surface area (Å²) in [4.78, 5) is -1.04. The first-order valence-electron chi connectivity index (χ1n) is 7.27. The van der Waals surface area contributed by atoms with Gasteiger partial charge in [0, 0.05) is 12.4 Å². The smallest absolute Gasteiger partial charge is 0.277 e. The number of anilines is 1. The lowest BCUT2D eigenvalue weighted by Gasteiger charge is -2.16. The van der Waals surface area contributed by atoms with Crippen LogP contribution in [0.5, 0.6) is 0 Å². The summed E-state index contributed by atoms with van der Waals surface area (Å²) >= 11 is 0. The van der Waals surface area contributed by atoms with Gasteiger partial charge in [0.15, 0.2) is 0 Å². The number of benzene rings is 2. The van der Waals surface area contributed by atoms with Gasteiger partial charge < -0.3 is 0 Å². The van der Waals surface area contributed by atoms with Crippen LogP contribution in [-0.2, 0) is 16.2 Å². The molecule has 5 nitrogen and oxygen atoms in total. The summed E-state index contributed by atoms with van der Waals surface area (Å²) in [6, 6.07) is 5.53. The van der Waals surface area contributed by atoms with Crippen molar-refractivity contribution in [2.24, 2.45) is 0 Å². The Bertz CT molecular complexity index is 1080. The van der Waals surface area contributed by atoms with E-state index in [0.717, 1.165) is 16.8 Å². The van der Waals surface area contributed by atoms with Crippen molar-refractivity contribution in [3.63, 3.8) is 0 Å². The van der Waals surface area contributed by atoms with E-state index in [9.17, 15) is 30.4 Å². The van der Waals surface area contributed by atoms with Crippen LogP contribution in [0, 0.1) is 11.6 Å². The zero-order valence-corrected chi connectivity index (χ0v) is 14.0. The number of nitrogens with zero attached hydrogens (tertiary/aromatic N) is 2. The van der Waals surface area contributed by atoms with Gasteiger partial charge in [-0.1, -0.05) is 0 Å². The van der Waals surface area contributed by atoms with Crippen LogP contribution in [0.3, 0.4) is 0 Å². The predicted octanol–water partition coefficient (Wildman–Crippen LogP) is 3.97. The molecule has 1 heterocycles. The average molecular weight is 403 g/mol. The van der Waals surface area contributed by atoms with E-state index < -0.39 is 44.0 Å². The van der Waals surface area contributed by atoms with Gasteiger partial charge in [0.1, 0.15) is 16.5 Å². The first-order valence-corrected chi connectivity index (χ1v) is 8.75. The van der Waals surface area contributed by atoms with Gasteiger partial charge in [0.05, 0.1) is 16.9 Å². The van der Waals surface area contributed by atoms with E-state index in [1.165, 1.54) is 18.5 Å². The molecule has 0 saturated carbocycles. The van der Waals surface area contributed by atoms with E-state index in [-0.39, 0.29) is 5.69 Å².